The summed E-state index contributed by atoms with van der Waals surface area (Å²) in [5.74, 6) is -1.60. The number of H-pyrrole nitrogens is 1. The molecule has 0 saturated carbocycles. The molecule has 0 aliphatic carbocycles. The van der Waals surface area contributed by atoms with E-state index in [1.165, 1.54) is 23.4 Å². The molecule has 0 radical (unpaired) electrons. The smallest absolute Gasteiger partial charge is 0.137 e. The van der Waals surface area contributed by atoms with Gasteiger partial charge in [-0.2, -0.15) is 10.2 Å². The monoisotopic (exact) mass is 479 g/mol. The van der Waals surface area contributed by atoms with Gasteiger partial charge in [-0.1, -0.05) is 50.5 Å². The van der Waals surface area contributed by atoms with E-state index < -0.39 is 25.3 Å². The van der Waals surface area contributed by atoms with Crippen LogP contribution in [0.1, 0.15) is 16.8 Å². The zero-order valence-electron chi connectivity index (χ0n) is 19.6. The first-order valence-electron chi connectivity index (χ1n) is 10.9. The third-order valence-corrected chi connectivity index (χ3v) is 7.81. The van der Waals surface area contributed by atoms with Crippen molar-refractivity contribution in [3.8, 4) is 11.1 Å². The maximum Gasteiger partial charge on any atom is 0.137 e. The summed E-state index contributed by atoms with van der Waals surface area (Å²) in [5.41, 5.74) is 1.89. The van der Waals surface area contributed by atoms with Crippen molar-refractivity contribution >= 4 is 19.0 Å². The second-order valence-corrected chi connectivity index (χ2v) is 14.4. The van der Waals surface area contributed by atoms with Crippen LogP contribution in [-0.2, 0) is 12.1 Å². The zero-order chi connectivity index (χ0) is 24.7. The van der Waals surface area contributed by atoms with E-state index in [4.69, 9.17) is 0 Å². The molecule has 6 nitrogen and oxygen atoms in total. The lowest BCUT2D eigenvalue weighted by Crippen LogP contribution is -2.40. The van der Waals surface area contributed by atoms with Gasteiger partial charge in [0.2, 0.25) is 0 Å². The van der Waals surface area contributed by atoms with Gasteiger partial charge in [-0.3, -0.25) is 5.10 Å². The van der Waals surface area contributed by atoms with Crippen LogP contribution in [0.25, 0.3) is 16.7 Å². The standard InChI is InChI=1S/C25H27F2N5OSi/c1-16(18-6-8-19(9-7-18)23-17(2)30-31-24(23)34(3,4)5)25(33,13-32-15-28-14-29-32)21-11-10-20(26)12-22(21)27/h6-12,14-15,33H,1,13H2,2-5H3,(H,30,31)/t25-/m1/s1. The molecule has 4 rings (SSSR count). The minimum Gasteiger partial charge on any atom is -0.378 e. The molecule has 2 heterocycles. The second-order valence-electron chi connectivity index (χ2n) is 9.44. The van der Waals surface area contributed by atoms with Crippen LogP contribution >= 0.6 is 0 Å². The fourth-order valence-electron chi connectivity index (χ4n) is 4.12. The normalized spacial score (nSPS) is 13.6. The molecule has 0 saturated heterocycles. The Labute approximate surface area is 198 Å². The lowest BCUT2D eigenvalue weighted by molar-refractivity contribution is 0.0726. The Balaban J connectivity index is 1.75. The summed E-state index contributed by atoms with van der Waals surface area (Å²) in [6.45, 7) is 12.7. The highest BCUT2D eigenvalue weighted by Crippen LogP contribution is 2.38. The van der Waals surface area contributed by atoms with E-state index in [0.29, 0.717) is 5.56 Å². The van der Waals surface area contributed by atoms with Crippen molar-refractivity contribution in [1.82, 2.24) is 25.0 Å². The van der Waals surface area contributed by atoms with Crippen molar-refractivity contribution in [3.63, 3.8) is 0 Å². The van der Waals surface area contributed by atoms with Crippen LogP contribution in [0.2, 0.25) is 19.6 Å². The van der Waals surface area contributed by atoms with Gasteiger partial charge in [-0.05, 0) is 35.8 Å². The van der Waals surface area contributed by atoms with Gasteiger partial charge in [-0.25, -0.2) is 18.4 Å². The number of aromatic amines is 1. The minimum absolute atomic E-state index is 0.0924. The number of benzene rings is 2. The first-order valence-corrected chi connectivity index (χ1v) is 14.4. The van der Waals surface area contributed by atoms with E-state index in [1.54, 1.807) is 0 Å². The number of aliphatic hydroxyl groups is 1. The molecule has 0 unspecified atom stereocenters. The topological polar surface area (TPSA) is 79.6 Å². The molecule has 2 N–H and O–H groups in total. The summed E-state index contributed by atoms with van der Waals surface area (Å²) in [5, 5.41) is 24.6. The highest BCUT2D eigenvalue weighted by Gasteiger charge is 2.37. The Morgan fingerprint density at radius 2 is 1.85 bits per heavy atom. The van der Waals surface area contributed by atoms with E-state index in [-0.39, 0.29) is 17.7 Å². The van der Waals surface area contributed by atoms with Gasteiger partial charge in [0.05, 0.1) is 12.2 Å². The fourth-order valence-corrected chi connectivity index (χ4v) is 5.59. The first-order chi connectivity index (χ1) is 16.0. The quantitative estimate of drug-likeness (QED) is 0.385. The van der Waals surface area contributed by atoms with Gasteiger partial charge >= 0.3 is 0 Å². The van der Waals surface area contributed by atoms with Crippen LogP contribution in [0.3, 0.4) is 0 Å². The summed E-state index contributed by atoms with van der Waals surface area (Å²) in [6.07, 6.45) is 2.74. The van der Waals surface area contributed by atoms with Crippen molar-refractivity contribution in [1.29, 1.82) is 0 Å². The number of aryl methyl sites for hydroxylation is 1. The predicted octanol–water partition coefficient (Wildman–Crippen LogP) is 4.40. The molecule has 0 bridgehead atoms. The predicted molar refractivity (Wildman–Crippen MR) is 131 cm³/mol. The lowest BCUT2D eigenvalue weighted by atomic mass is 9.82. The number of rotatable bonds is 7. The molecule has 0 amide bonds. The van der Waals surface area contributed by atoms with Crippen molar-refractivity contribution in [2.24, 2.45) is 0 Å². The first kappa shape index (κ1) is 23.7. The summed E-state index contributed by atoms with van der Waals surface area (Å²) in [6, 6.07) is 10.7. The molecule has 1 atom stereocenters. The van der Waals surface area contributed by atoms with Crippen molar-refractivity contribution in [2.75, 3.05) is 0 Å². The average Bonchev–Trinajstić information content (AvgIpc) is 3.42. The third-order valence-electron chi connectivity index (χ3n) is 5.95. The van der Waals surface area contributed by atoms with Crippen molar-refractivity contribution in [3.05, 3.63) is 90.2 Å². The summed E-state index contributed by atoms with van der Waals surface area (Å²) >= 11 is 0. The molecule has 0 fully saturated rings. The molecule has 2 aromatic heterocycles. The Morgan fingerprint density at radius 3 is 2.44 bits per heavy atom. The zero-order valence-corrected chi connectivity index (χ0v) is 20.6. The maximum atomic E-state index is 14.8. The van der Waals surface area contributed by atoms with Crippen molar-refractivity contribution < 1.29 is 13.9 Å². The van der Waals surface area contributed by atoms with Crippen LogP contribution < -0.4 is 5.32 Å². The van der Waals surface area contributed by atoms with E-state index in [2.05, 4.69) is 46.5 Å². The van der Waals surface area contributed by atoms with Crippen LogP contribution in [0.4, 0.5) is 8.78 Å². The number of aromatic nitrogens is 5. The van der Waals surface area contributed by atoms with Crippen LogP contribution in [-0.4, -0.2) is 38.1 Å². The van der Waals surface area contributed by atoms with E-state index >= 15 is 0 Å². The van der Waals surface area contributed by atoms with Crippen LogP contribution in [0.15, 0.2) is 61.7 Å². The number of nitrogens with zero attached hydrogens (tertiary/aromatic N) is 4. The fraction of sp³-hybridized carbons (Fsp3) is 0.240. The molecule has 0 spiro atoms. The minimum atomic E-state index is -1.89. The number of hydrogen-bond donors (Lipinski definition) is 2. The molecule has 34 heavy (non-hydrogen) atoms. The number of hydrogen-bond acceptors (Lipinski definition) is 4. The summed E-state index contributed by atoms with van der Waals surface area (Å²) < 4.78 is 29.8. The largest absolute Gasteiger partial charge is 0.378 e. The van der Waals surface area contributed by atoms with E-state index in [1.807, 2.05) is 31.2 Å². The lowest BCUT2D eigenvalue weighted by Gasteiger charge is -2.31. The van der Waals surface area contributed by atoms with E-state index in [0.717, 1.165) is 34.3 Å². The molecule has 0 aliphatic heterocycles. The maximum absolute atomic E-state index is 14.8. The van der Waals surface area contributed by atoms with Gasteiger partial charge in [0.25, 0.3) is 0 Å². The van der Waals surface area contributed by atoms with Crippen LogP contribution in [0.5, 0.6) is 0 Å². The SMILES string of the molecule is C=C(c1ccc(-c2c(C)n[nH]c2[Si](C)(C)C)cc1)[C@](O)(Cn1cncn1)c1ccc(F)cc1F. The van der Waals surface area contributed by atoms with E-state index in [9.17, 15) is 13.9 Å². The van der Waals surface area contributed by atoms with Gasteiger partial charge < -0.3 is 5.11 Å². The molecule has 4 aromatic rings. The molecule has 2 aromatic carbocycles. The second kappa shape index (κ2) is 8.73. The Hall–Kier alpha value is -3.43. The van der Waals surface area contributed by atoms with Gasteiger partial charge in [0.15, 0.2) is 0 Å². The highest BCUT2D eigenvalue weighted by molar-refractivity contribution is 6.89. The summed E-state index contributed by atoms with van der Waals surface area (Å²) in [4.78, 5) is 3.90. The van der Waals surface area contributed by atoms with Gasteiger partial charge in [0, 0.05) is 22.5 Å². The van der Waals surface area contributed by atoms with Crippen molar-refractivity contribution in [2.45, 2.75) is 38.7 Å². The Bertz CT molecular complexity index is 1330. The van der Waals surface area contributed by atoms with Crippen LogP contribution in [0, 0.1) is 18.6 Å². The third kappa shape index (κ3) is 4.36. The Morgan fingerprint density at radius 1 is 1.15 bits per heavy atom. The average molecular weight is 480 g/mol. The molecular formula is C25H27F2N5OSi. The van der Waals surface area contributed by atoms with Gasteiger partial charge in [-0.15, -0.1) is 0 Å². The molecule has 0 aliphatic rings. The number of nitrogens with one attached hydrogen (secondary N) is 1. The molecule has 9 heteroatoms. The molecular weight excluding hydrogens is 452 g/mol. The van der Waals surface area contributed by atoms with Gasteiger partial charge in [0.1, 0.15) is 38.0 Å². The summed E-state index contributed by atoms with van der Waals surface area (Å²) in [7, 11) is -1.66. The number of halogens is 2. The molecule has 176 valence electrons. The Kier molecular flexibility index (Phi) is 6.09. The highest BCUT2D eigenvalue weighted by atomic mass is 28.3.